The van der Waals surface area contributed by atoms with Gasteiger partial charge < -0.3 is 4.90 Å². The maximum Gasteiger partial charge on any atom is 0.219 e. The van der Waals surface area contributed by atoms with Gasteiger partial charge in [0.05, 0.1) is 11.4 Å². The Morgan fingerprint density at radius 3 is 3.05 bits per heavy atom. The molecule has 104 valence electrons. The van der Waals surface area contributed by atoms with Gasteiger partial charge >= 0.3 is 0 Å². The van der Waals surface area contributed by atoms with Crippen molar-refractivity contribution in [1.82, 2.24) is 20.1 Å². The topological polar surface area (TPSA) is 61.9 Å². The van der Waals surface area contributed by atoms with Gasteiger partial charge in [0.1, 0.15) is 0 Å². The van der Waals surface area contributed by atoms with Crippen LogP contribution in [0.3, 0.4) is 0 Å². The van der Waals surface area contributed by atoms with Crippen molar-refractivity contribution in [2.24, 2.45) is 5.92 Å². The number of nitrogens with zero attached hydrogens (tertiary/aromatic N) is 3. The van der Waals surface area contributed by atoms with E-state index in [2.05, 4.69) is 21.2 Å². The van der Waals surface area contributed by atoms with E-state index in [1.807, 2.05) is 17.0 Å². The van der Waals surface area contributed by atoms with E-state index in [0.29, 0.717) is 5.92 Å². The van der Waals surface area contributed by atoms with Gasteiger partial charge in [-0.1, -0.05) is 6.07 Å². The maximum atomic E-state index is 11.4. The lowest BCUT2D eigenvalue weighted by Crippen LogP contribution is -2.26. The molecule has 2 aromatic heterocycles. The summed E-state index contributed by atoms with van der Waals surface area (Å²) in [4.78, 5) is 17.8. The Kier molecular flexibility index (Phi) is 3.50. The Morgan fingerprint density at radius 1 is 1.45 bits per heavy atom. The highest BCUT2D eigenvalue weighted by molar-refractivity contribution is 5.73. The van der Waals surface area contributed by atoms with Crippen molar-refractivity contribution in [2.45, 2.75) is 19.8 Å². The summed E-state index contributed by atoms with van der Waals surface area (Å²) in [5.74, 6) is 0.692. The molecule has 0 bridgehead atoms. The fourth-order valence-electron chi connectivity index (χ4n) is 2.83. The minimum Gasteiger partial charge on any atom is -0.343 e. The Hall–Kier alpha value is -2.17. The lowest BCUT2D eigenvalue weighted by molar-refractivity contribution is -0.127. The number of pyridine rings is 1. The first-order valence-electron chi connectivity index (χ1n) is 6.93. The number of H-pyrrole nitrogens is 1. The van der Waals surface area contributed by atoms with Gasteiger partial charge in [-0.3, -0.25) is 14.9 Å². The molecule has 20 heavy (non-hydrogen) atoms. The number of aromatic nitrogens is 3. The average Bonchev–Trinajstić information content (AvgIpc) is 3.10. The predicted molar refractivity (Wildman–Crippen MR) is 75.9 cm³/mol. The highest BCUT2D eigenvalue weighted by atomic mass is 16.2. The maximum absolute atomic E-state index is 11.4. The molecule has 0 aromatic carbocycles. The summed E-state index contributed by atoms with van der Waals surface area (Å²) >= 11 is 0. The summed E-state index contributed by atoms with van der Waals surface area (Å²) in [6.45, 7) is 3.37. The third kappa shape index (κ3) is 2.57. The molecule has 3 heterocycles. The molecule has 2 aromatic rings. The van der Waals surface area contributed by atoms with Gasteiger partial charge in [0, 0.05) is 32.4 Å². The SMILES string of the molecule is CC(=O)N1CCC(Cc2cccnc2-c2ccn[nH]2)C1. The Morgan fingerprint density at radius 2 is 2.35 bits per heavy atom. The van der Waals surface area contributed by atoms with Crippen LogP contribution in [0.4, 0.5) is 0 Å². The van der Waals surface area contributed by atoms with E-state index in [4.69, 9.17) is 0 Å². The van der Waals surface area contributed by atoms with Crippen LogP contribution in [0, 0.1) is 5.92 Å². The molecule has 0 radical (unpaired) electrons. The van der Waals surface area contributed by atoms with Gasteiger partial charge in [-0.2, -0.15) is 5.10 Å². The van der Waals surface area contributed by atoms with E-state index in [-0.39, 0.29) is 5.91 Å². The fraction of sp³-hybridized carbons (Fsp3) is 0.400. The predicted octanol–water partition coefficient (Wildman–Crippen LogP) is 1.88. The molecule has 1 N–H and O–H groups in total. The van der Waals surface area contributed by atoms with E-state index in [1.54, 1.807) is 19.3 Å². The second kappa shape index (κ2) is 5.45. The lowest BCUT2D eigenvalue weighted by atomic mass is 9.96. The number of carbonyl (C=O) groups is 1. The number of nitrogens with one attached hydrogen (secondary N) is 1. The molecule has 3 rings (SSSR count). The molecule has 0 saturated carbocycles. The second-order valence-electron chi connectivity index (χ2n) is 5.31. The van der Waals surface area contributed by atoms with E-state index in [1.165, 1.54) is 5.56 Å². The van der Waals surface area contributed by atoms with Gasteiger partial charge in [-0.15, -0.1) is 0 Å². The molecule has 1 aliphatic heterocycles. The smallest absolute Gasteiger partial charge is 0.219 e. The largest absolute Gasteiger partial charge is 0.343 e. The van der Waals surface area contributed by atoms with Crippen LogP contribution in [0.2, 0.25) is 0 Å². The van der Waals surface area contributed by atoms with Crippen LogP contribution >= 0.6 is 0 Å². The van der Waals surface area contributed by atoms with E-state index in [0.717, 1.165) is 37.3 Å². The van der Waals surface area contributed by atoms with E-state index in [9.17, 15) is 4.79 Å². The summed E-state index contributed by atoms with van der Waals surface area (Å²) < 4.78 is 0. The Labute approximate surface area is 118 Å². The molecule has 1 aliphatic rings. The monoisotopic (exact) mass is 270 g/mol. The normalized spacial score (nSPS) is 18.4. The third-order valence-electron chi connectivity index (χ3n) is 3.89. The van der Waals surface area contributed by atoms with E-state index < -0.39 is 0 Å². The highest BCUT2D eigenvalue weighted by Gasteiger charge is 2.25. The van der Waals surface area contributed by atoms with Crippen LogP contribution in [0.15, 0.2) is 30.6 Å². The molecule has 0 aliphatic carbocycles. The van der Waals surface area contributed by atoms with Crippen LogP contribution in [-0.4, -0.2) is 39.1 Å². The van der Waals surface area contributed by atoms with Gasteiger partial charge in [0.2, 0.25) is 5.91 Å². The van der Waals surface area contributed by atoms with Crippen LogP contribution < -0.4 is 0 Å². The minimum atomic E-state index is 0.174. The molecular weight excluding hydrogens is 252 g/mol. The molecule has 5 nitrogen and oxygen atoms in total. The average molecular weight is 270 g/mol. The van der Waals surface area contributed by atoms with Gasteiger partial charge in [0.15, 0.2) is 0 Å². The van der Waals surface area contributed by atoms with E-state index >= 15 is 0 Å². The number of rotatable bonds is 3. The summed E-state index contributed by atoms with van der Waals surface area (Å²) in [7, 11) is 0. The number of hydrogen-bond donors (Lipinski definition) is 1. The fourth-order valence-corrected chi connectivity index (χ4v) is 2.83. The van der Waals surface area contributed by atoms with Crippen molar-refractivity contribution in [3.8, 4) is 11.4 Å². The Balaban J connectivity index is 1.77. The van der Waals surface area contributed by atoms with Crippen molar-refractivity contribution in [1.29, 1.82) is 0 Å². The van der Waals surface area contributed by atoms with Crippen molar-refractivity contribution in [2.75, 3.05) is 13.1 Å². The molecule has 5 heteroatoms. The number of likely N-dealkylation sites (tertiary alicyclic amines) is 1. The summed E-state index contributed by atoms with van der Waals surface area (Å²) in [6, 6.07) is 6.01. The van der Waals surface area contributed by atoms with Crippen LogP contribution in [0.5, 0.6) is 0 Å². The quantitative estimate of drug-likeness (QED) is 0.926. The second-order valence-corrected chi connectivity index (χ2v) is 5.31. The standard InChI is InChI=1S/C15H18N4O/c1-11(20)19-8-5-12(10-19)9-13-3-2-6-16-15(13)14-4-7-17-18-14/h2-4,6-7,12H,5,8-10H2,1H3,(H,17,18). The molecule has 0 spiro atoms. The lowest BCUT2D eigenvalue weighted by Gasteiger charge is -2.15. The first kappa shape index (κ1) is 12.8. The summed E-state index contributed by atoms with van der Waals surface area (Å²) in [5, 5.41) is 6.96. The first-order valence-corrected chi connectivity index (χ1v) is 6.93. The van der Waals surface area contributed by atoms with Crippen molar-refractivity contribution >= 4 is 5.91 Å². The van der Waals surface area contributed by atoms with Crippen LogP contribution in [0.25, 0.3) is 11.4 Å². The molecule has 1 saturated heterocycles. The Bertz CT molecular complexity index is 594. The zero-order valence-electron chi connectivity index (χ0n) is 11.5. The molecule has 1 amide bonds. The minimum absolute atomic E-state index is 0.174. The van der Waals surface area contributed by atoms with Crippen molar-refractivity contribution in [3.05, 3.63) is 36.2 Å². The number of amides is 1. The highest BCUT2D eigenvalue weighted by Crippen LogP contribution is 2.25. The third-order valence-corrected chi connectivity index (χ3v) is 3.89. The van der Waals surface area contributed by atoms with Crippen LogP contribution in [-0.2, 0) is 11.2 Å². The first-order chi connectivity index (χ1) is 9.74. The summed E-state index contributed by atoms with van der Waals surface area (Å²) in [5.41, 5.74) is 3.13. The van der Waals surface area contributed by atoms with Crippen molar-refractivity contribution < 1.29 is 4.79 Å². The van der Waals surface area contributed by atoms with Gasteiger partial charge in [0.25, 0.3) is 0 Å². The number of aromatic amines is 1. The van der Waals surface area contributed by atoms with Crippen molar-refractivity contribution in [3.63, 3.8) is 0 Å². The molecule has 1 fully saturated rings. The zero-order chi connectivity index (χ0) is 13.9. The summed E-state index contributed by atoms with van der Waals surface area (Å²) in [6.07, 6.45) is 5.56. The molecular formula is C15H18N4O. The van der Waals surface area contributed by atoms with Gasteiger partial charge in [-0.05, 0) is 36.5 Å². The molecule has 1 atom stereocenters. The van der Waals surface area contributed by atoms with Crippen LogP contribution in [0.1, 0.15) is 18.9 Å². The number of hydrogen-bond acceptors (Lipinski definition) is 3. The zero-order valence-corrected chi connectivity index (χ0v) is 11.5. The molecule has 1 unspecified atom stereocenters. The number of carbonyl (C=O) groups excluding carboxylic acids is 1. The van der Waals surface area contributed by atoms with Gasteiger partial charge in [-0.25, -0.2) is 0 Å².